The molecule has 0 unspecified atom stereocenters. The molecule has 0 saturated heterocycles. The Labute approximate surface area is 245 Å². The number of nitrogens with one attached hydrogen (secondary N) is 2. The van der Waals surface area contributed by atoms with Crippen LogP contribution in [0.25, 0.3) is 0 Å². The van der Waals surface area contributed by atoms with E-state index in [-0.39, 0.29) is 42.8 Å². The molecule has 2 aromatic carbocycles. The van der Waals surface area contributed by atoms with Crippen molar-refractivity contribution >= 4 is 33.3 Å². The molecule has 13 heteroatoms. The zero-order valence-corrected chi connectivity index (χ0v) is 25.1. The van der Waals surface area contributed by atoms with Gasteiger partial charge in [0.1, 0.15) is 23.2 Å². The summed E-state index contributed by atoms with van der Waals surface area (Å²) in [5, 5.41) is 19.2. The van der Waals surface area contributed by atoms with Gasteiger partial charge in [-0.3, -0.25) is 4.79 Å². The zero-order chi connectivity index (χ0) is 30.6. The largest absolute Gasteiger partial charge is 0.488 e. The van der Waals surface area contributed by atoms with Gasteiger partial charge in [0.15, 0.2) is 5.76 Å². The van der Waals surface area contributed by atoms with Crippen LogP contribution < -0.4 is 15.4 Å². The fraction of sp³-hybridized carbons (Fsp3) is 0.414. The van der Waals surface area contributed by atoms with Gasteiger partial charge in [0.05, 0.1) is 30.5 Å². The number of aliphatic hydroxyl groups excluding tert-OH is 1. The molecule has 0 radical (unpaired) electrons. The Morgan fingerprint density at radius 2 is 1.90 bits per heavy atom. The zero-order valence-electron chi connectivity index (χ0n) is 24.3. The predicted octanol–water partition coefficient (Wildman–Crippen LogP) is 3.41. The van der Waals surface area contributed by atoms with E-state index < -0.39 is 28.2 Å². The molecule has 12 nitrogen and oxygen atoms in total. The summed E-state index contributed by atoms with van der Waals surface area (Å²) in [5.74, 6) is 0.354. The Morgan fingerprint density at radius 1 is 1.19 bits per heavy atom. The van der Waals surface area contributed by atoms with Crippen LogP contribution in [0.1, 0.15) is 30.9 Å². The number of fused-ring (bicyclic) bond motifs is 1. The van der Waals surface area contributed by atoms with Gasteiger partial charge < -0.3 is 29.9 Å². The Kier molecular flexibility index (Phi) is 9.54. The lowest BCUT2D eigenvalue weighted by Crippen LogP contribution is -2.48. The number of urea groups is 1. The summed E-state index contributed by atoms with van der Waals surface area (Å²) in [5.41, 5.74) is 1.93. The van der Waals surface area contributed by atoms with Gasteiger partial charge in [-0.15, -0.1) is 0 Å². The van der Waals surface area contributed by atoms with Crippen LogP contribution in [0.2, 0.25) is 0 Å². The van der Waals surface area contributed by atoms with Crippen molar-refractivity contribution in [3.05, 3.63) is 65.5 Å². The Balaban J connectivity index is 1.62. The highest BCUT2D eigenvalue weighted by atomic mass is 32.2. The monoisotopic (exact) mass is 599 g/mol. The second kappa shape index (κ2) is 12.9. The summed E-state index contributed by atoms with van der Waals surface area (Å²) >= 11 is 0. The molecule has 3 amide bonds. The predicted molar refractivity (Wildman–Crippen MR) is 157 cm³/mol. The van der Waals surface area contributed by atoms with E-state index in [9.17, 15) is 23.1 Å². The van der Waals surface area contributed by atoms with Gasteiger partial charge in [-0.2, -0.15) is 4.31 Å². The van der Waals surface area contributed by atoms with Crippen LogP contribution in [-0.2, 0) is 21.2 Å². The molecule has 0 bridgehead atoms. The van der Waals surface area contributed by atoms with Crippen molar-refractivity contribution in [1.82, 2.24) is 14.4 Å². The van der Waals surface area contributed by atoms with Crippen LogP contribution in [0.3, 0.4) is 0 Å². The number of rotatable bonds is 8. The lowest BCUT2D eigenvalue weighted by molar-refractivity contribution is -0.134. The first-order valence-electron chi connectivity index (χ1n) is 13.6. The fourth-order valence-electron chi connectivity index (χ4n) is 4.79. The van der Waals surface area contributed by atoms with E-state index in [1.807, 2.05) is 6.92 Å². The van der Waals surface area contributed by atoms with Crippen molar-refractivity contribution in [3.8, 4) is 5.75 Å². The number of anilines is 2. The van der Waals surface area contributed by atoms with Crippen LogP contribution in [0.15, 0.2) is 57.9 Å². The SMILES string of the molecule is Cc1noc(C)c1NC(=O)Nc1ccc2c(c1)CC(=O)N([C@H](C)CO)C[C@@H](C)[C@@H](CN(C)S(=O)(=O)c1ccccc1)O2. The van der Waals surface area contributed by atoms with E-state index in [1.54, 1.807) is 62.1 Å². The van der Waals surface area contributed by atoms with Crippen LogP contribution in [0.5, 0.6) is 5.75 Å². The molecule has 42 heavy (non-hydrogen) atoms. The minimum absolute atomic E-state index is 0.0210. The Bertz CT molecular complexity index is 1510. The Hall–Kier alpha value is -3.94. The third-order valence-electron chi connectivity index (χ3n) is 7.33. The summed E-state index contributed by atoms with van der Waals surface area (Å²) < 4.78 is 39.3. The first-order valence-corrected chi connectivity index (χ1v) is 15.1. The molecule has 0 spiro atoms. The molecule has 1 aliphatic rings. The van der Waals surface area contributed by atoms with Crippen molar-refractivity contribution < 1.29 is 32.4 Å². The number of amides is 3. The standard InChI is InChI=1S/C29H37N5O7S/c1-18-15-34(19(2)17-35)27(36)14-22-13-23(30-29(37)31-28-20(3)32-41-21(28)4)11-12-25(22)40-26(18)16-33(5)42(38,39)24-9-7-6-8-10-24/h6-13,18-19,26,35H,14-17H2,1-5H3,(H2,30,31,37)/t18-,19-,26-/m1/s1. The molecule has 1 aromatic heterocycles. The maximum atomic E-state index is 13.5. The van der Waals surface area contributed by atoms with Gasteiger partial charge in [-0.25, -0.2) is 13.2 Å². The van der Waals surface area contributed by atoms with E-state index in [1.165, 1.54) is 23.5 Å². The minimum atomic E-state index is -3.80. The normalized spacial score (nSPS) is 18.4. The summed E-state index contributed by atoms with van der Waals surface area (Å²) in [4.78, 5) is 27.9. The first kappa shape index (κ1) is 31.0. The molecule has 1 aliphatic heterocycles. The summed E-state index contributed by atoms with van der Waals surface area (Å²) in [7, 11) is -2.30. The molecule has 3 atom stereocenters. The summed E-state index contributed by atoms with van der Waals surface area (Å²) in [6.07, 6.45) is -0.675. The molecule has 0 fully saturated rings. The molecule has 2 heterocycles. The molecular formula is C29H37N5O7S. The molecule has 4 rings (SSSR count). The molecule has 3 aromatic rings. The average molecular weight is 600 g/mol. The highest BCUT2D eigenvalue weighted by Crippen LogP contribution is 2.30. The number of aromatic nitrogens is 1. The van der Waals surface area contributed by atoms with E-state index in [0.29, 0.717) is 34.1 Å². The minimum Gasteiger partial charge on any atom is -0.488 e. The Morgan fingerprint density at radius 3 is 2.55 bits per heavy atom. The number of sulfonamides is 1. The van der Waals surface area contributed by atoms with E-state index in [4.69, 9.17) is 9.26 Å². The lowest BCUT2D eigenvalue weighted by Gasteiger charge is -2.33. The smallest absolute Gasteiger partial charge is 0.323 e. The van der Waals surface area contributed by atoms with Crippen LogP contribution in [0.4, 0.5) is 16.2 Å². The first-order chi connectivity index (χ1) is 19.9. The number of nitrogens with zero attached hydrogens (tertiary/aromatic N) is 3. The van der Waals surface area contributed by atoms with Gasteiger partial charge in [0.25, 0.3) is 0 Å². The third kappa shape index (κ3) is 6.92. The highest BCUT2D eigenvalue weighted by molar-refractivity contribution is 7.89. The maximum Gasteiger partial charge on any atom is 0.323 e. The van der Waals surface area contributed by atoms with Gasteiger partial charge in [-0.05, 0) is 51.1 Å². The maximum absolute atomic E-state index is 13.5. The number of aryl methyl sites for hydroxylation is 2. The number of likely N-dealkylation sites (N-methyl/N-ethyl adjacent to an activating group) is 1. The van der Waals surface area contributed by atoms with Gasteiger partial charge in [0.2, 0.25) is 15.9 Å². The number of benzene rings is 2. The molecule has 3 N–H and O–H groups in total. The van der Waals surface area contributed by atoms with Gasteiger partial charge >= 0.3 is 6.03 Å². The third-order valence-corrected chi connectivity index (χ3v) is 9.17. The van der Waals surface area contributed by atoms with Crippen molar-refractivity contribution in [2.75, 3.05) is 37.4 Å². The van der Waals surface area contributed by atoms with Crippen molar-refractivity contribution in [2.45, 2.75) is 51.2 Å². The van der Waals surface area contributed by atoms with Crippen LogP contribution in [-0.4, -0.2) is 78.7 Å². The highest BCUT2D eigenvalue weighted by Gasteiger charge is 2.33. The van der Waals surface area contributed by atoms with Gasteiger partial charge in [0, 0.05) is 30.8 Å². The summed E-state index contributed by atoms with van der Waals surface area (Å²) in [6, 6.07) is 12.1. The fourth-order valence-corrected chi connectivity index (χ4v) is 5.99. The summed E-state index contributed by atoms with van der Waals surface area (Å²) in [6.45, 7) is 7.08. The number of hydrogen-bond donors (Lipinski definition) is 3. The molecule has 0 aliphatic carbocycles. The number of carbonyl (C=O) groups is 2. The molecule has 226 valence electrons. The second-order valence-corrected chi connectivity index (χ2v) is 12.6. The van der Waals surface area contributed by atoms with E-state index in [2.05, 4.69) is 15.8 Å². The second-order valence-electron chi connectivity index (χ2n) is 10.6. The molecular weight excluding hydrogens is 562 g/mol. The van der Waals surface area contributed by atoms with Crippen LogP contribution in [0, 0.1) is 19.8 Å². The lowest BCUT2D eigenvalue weighted by atomic mass is 10.0. The van der Waals surface area contributed by atoms with E-state index >= 15 is 0 Å². The number of hydrogen-bond acceptors (Lipinski definition) is 8. The van der Waals surface area contributed by atoms with E-state index in [0.717, 1.165) is 0 Å². The van der Waals surface area contributed by atoms with Crippen molar-refractivity contribution in [3.63, 3.8) is 0 Å². The van der Waals surface area contributed by atoms with Crippen molar-refractivity contribution in [2.24, 2.45) is 5.92 Å². The number of aliphatic hydroxyl groups is 1. The number of carbonyl (C=O) groups excluding carboxylic acids is 2. The molecule has 0 saturated carbocycles. The van der Waals surface area contributed by atoms with Crippen LogP contribution >= 0.6 is 0 Å². The number of ether oxygens (including phenoxy) is 1. The van der Waals surface area contributed by atoms with Gasteiger partial charge in [-0.1, -0.05) is 30.3 Å². The average Bonchev–Trinajstić information content (AvgIpc) is 3.29. The van der Waals surface area contributed by atoms with Crippen molar-refractivity contribution in [1.29, 1.82) is 0 Å². The quantitative estimate of drug-likeness (QED) is 0.356. The topological polar surface area (TPSA) is 154 Å².